The monoisotopic (exact) mass is 378 g/mol. The molecule has 0 spiro atoms. The van der Waals surface area contributed by atoms with Gasteiger partial charge >= 0.3 is 0 Å². The van der Waals surface area contributed by atoms with Crippen LogP contribution in [0.15, 0.2) is 12.1 Å². The van der Waals surface area contributed by atoms with Gasteiger partial charge in [0.05, 0.1) is 17.2 Å². The van der Waals surface area contributed by atoms with E-state index in [9.17, 15) is 5.11 Å². The Morgan fingerprint density at radius 2 is 1.84 bits per heavy atom. The largest absolute Gasteiger partial charge is 0.504 e. The zero-order valence-electron chi connectivity index (χ0n) is 11.6. The molecule has 3 N–H and O–H groups in total. The van der Waals surface area contributed by atoms with Crippen molar-refractivity contribution in [1.29, 1.82) is 0 Å². The lowest BCUT2D eigenvalue weighted by atomic mass is 10.1. The van der Waals surface area contributed by atoms with E-state index in [0.717, 1.165) is 10.1 Å². The summed E-state index contributed by atoms with van der Waals surface area (Å²) < 4.78 is 6.09. The normalized spacial score (nSPS) is 23.3. The van der Waals surface area contributed by atoms with Crippen molar-refractivity contribution >= 4 is 22.6 Å². The molecule has 1 aliphatic heterocycles. The first kappa shape index (κ1) is 14.9. The highest BCUT2D eigenvalue weighted by molar-refractivity contribution is 14.1. The fourth-order valence-corrected chi connectivity index (χ4v) is 3.33. The van der Waals surface area contributed by atoms with Crippen molar-refractivity contribution in [3.8, 4) is 11.5 Å². The van der Waals surface area contributed by atoms with E-state index in [-0.39, 0.29) is 5.75 Å². The lowest BCUT2D eigenvalue weighted by Crippen LogP contribution is -3.27. The molecule has 5 heteroatoms. The lowest BCUT2D eigenvalue weighted by molar-refractivity contribution is -1.02. The molecular formula is C14H23IN2O2+2. The van der Waals surface area contributed by atoms with Crippen LogP contribution in [0.25, 0.3) is 0 Å². The molecular weight excluding hydrogens is 355 g/mol. The third kappa shape index (κ3) is 3.73. The number of nitrogens with one attached hydrogen (secondary N) is 2. The van der Waals surface area contributed by atoms with Crippen molar-refractivity contribution in [1.82, 2.24) is 0 Å². The Kier molecular flexibility index (Phi) is 5.29. The molecule has 0 atom stereocenters. The van der Waals surface area contributed by atoms with Crippen molar-refractivity contribution in [3.05, 3.63) is 21.3 Å². The number of hydrogen-bond acceptors (Lipinski definition) is 2. The van der Waals surface area contributed by atoms with E-state index in [1.54, 1.807) is 16.9 Å². The van der Waals surface area contributed by atoms with Gasteiger partial charge in [-0.2, -0.15) is 0 Å². The predicted octanol–water partition coefficient (Wildman–Crippen LogP) is -0.691. The molecule has 19 heavy (non-hydrogen) atoms. The molecule has 1 heterocycles. The standard InChI is InChI=1S/C14H21IN2O2/c1-3-16-4-6-17(7-5-16)10-11-8-12(15)14(18)13(9-11)19-2/h8-9,18H,3-7,10H2,1-2H3/p+2. The second-order valence-corrected chi connectivity index (χ2v) is 6.32. The zero-order valence-corrected chi connectivity index (χ0v) is 13.8. The van der Waals surface area contributed by atoms with Crippen molar-refractivity contribution in [2.24, 2.45) is 0 Å². The Morgan fingerprint density at radius 3 is 2.42 bits per heavy atom. The molecule has 0 amide bonds. The highest BCUT2D eigenvalue weighted by Crippen LogP contribution is 2.32. The van der Waals surface area contributed by atoms with E-state index < -0.39 is 0 Å². The molecule has 1 aromatic carbocycles. The zero-order chi connectivity index (χ0) is 13.8. The summed E-state index contributed by atoms with van der Waals surface area (Å²) in [7, 11) is 1.60. The Balaban J connectivity index is 2.02. The minimum atomic E-state index is 0.252. The fraction of sp³-hybridized carbons (Fsp3) is 0.571. The van der Waals surface area contributed by atoms with E-state index >= 15 is 0 Å². The minimum absolute atomic E-state index is 0.252. The summed E-state index contributed by atoms with van der Waals surface area (Å²) in [4.78, 5) is 3.34. The van der Waals surface area contributed by atoms with E-state index in [2.05, 4.69) is 35.6 Å². The molecule has 0 radical (unpaired) electrons. The number of aromatic hydroxyl groups is 1. The smallest absolute Gasteiger partial charge is 0.171 e. The number of methoxy groups -OCH3 is 1. The average Bonchev–Trinajstić information content (AvgIpc) is 2.43. The number of ether oxygens (including phenoxy) is 1. The third-order valence-corrected chi connectivity index (χ3v) is 4.75. The molecule has 1 fully saturated rings. The van der Waals surface area contributed by atoms with Gasteiger partial charge in [0.15, 0.2) is 11.5 Å². The summed E-state index contributed by atoms with van der Waals surface area (Å²) in [6.45, 7) is 9.48. The first-order chi connectivity index (χ1) is 9.13. The number of phenolic OH excluding ortho intramolecular Hbond substituents is 1. The van der Waals surface area contributed by atoms with Gasteiger partial charge in [0.25, 0.3) is 0 Å². The highest BCUT2D eigenvalue weighted by Gasteiger charge is 2.22. The topological polar surface area (TPSA) is 38.3 Å². The van der Waals surface area contributed by atoms with Gasteiger partial charge < -0.3 is 19.6 Å². The number of phenols is 1. The van der Waals surface area contributed by atoms with Crippen LogP contribution >= 0.6 is 22.6 Å². The lowest BCUT2D eigenvalue weighted by Gasteiger charge is -2.29. The molecule has 2 rings (SSSR count). The van der Waals surface area contributed by atoms with Crippen LogP contribution in [-0.4, -0.2) is 44.9 Å². The fourth-order valence-electron chi connectivity index (χ4n) is 2.66. The van der Waals surface area contributed by atoms with Crippen molar-refractivity contribution in [3.63, 3.8) is 0 Å². The van der Waals surface area contributed by atoms with Crippen LogP contribution in [0, 0.1) is 3.57 Å². The van der Waals surface area contributed by atoms with Gasteiger partial charge in [-0.25, -0.2) is 0 Å². The summed E-state index contributed by atoms with van der Waals surface area (Å²) in [5.41, 5.74) is 1.24. The Bertz CT molecular complexity index is 432. The summed E-state index contributed by atoms with van der Waals surface area (Å²) in [5.74, 6) is 0.834. The molecule has 0 unspecified atom stereocenters. The number of hydrogen-bond donors (Lipinski definition) is 3. The summed E-state index contributed by atoms with van der Waals surface area (Å²) in [6, 6.07) is 4.02. The van der Waals surface area contributed by atoms with Crippen LogP contribution in [-0.2, 0) is 6.54 Å². The van der Waals surface area contributed by atoms with Gasteiger partial charge in [-0.15, -0.1) is 0 Å². The molecule has 0 aromatic heterocycles. The second-order valence-electron chi connectivity index (χ2n) is 5.16. The molecule has 0 saturated carbocycles. The number of benzene rings is 1. The van der Waals surface area contributed by atoms with Gasteiger partial charge in [-0.3, -0.25) is 0 Å². The number of piperazine rings is 1. The first-order valence-corrected chi connectivity index (χ1v) is 7.94. The predicted molar refractivity (Wildman–Crippen MR) is 83.0 cm³/mol. The molecule has 0 bridgehead atoms. The van der Waals surface area contributed by atoms with Crippen molar-refractivity contribution in [2.75, 3.05) is 39.8 Å². The Morgan fingerprint density at radius 1 is 1.21 bits per heavy atom. The first-order valence-electron chi connectivity index (χ1n) is 6.86. The van der Waals surface area contributed by atoms with E-state index in [1.165, 1.54) is 38.3 Å². The molecule has 106 valence electrons. The summed E-state index contributed by atoms with van der Waals surface area (Å²) in [6.07, 6.45) is 0. The molecule has 1 aromatic rings. The quantitative estimate of drug-likeness (QED) is 0.607. The molecule has 0 aliphatic carbocycles. The maximum absolute atomic E-state index is 9.85. The number of likely N-dealkylation sites (N-methyl/N-ethyl adjacent to an activating group) is 1. The number of halogens is 1. The highest BCUT2D eigenvalue weighted by atomic mass is 127. The molecule has 1 saturated heterocycles. The van der Waals surface area contributed by atoms with E-state index in [4.69, 9.17) is 4.74 Å². The van der Waals surface area contributed by atoms with Crippen LogP contribution in [0.2, 0.25) is 0 Å². The van der Waals surface area contributed by atoms with Crippen LogP contribution in [0.4, 0.5) is 0 Å². The van der Waals surface area contributed by atoms with Gasteiger partial charge in [0, 0.05) is 5.56 Å². The number of rotatable bonds is 4. The Labute approximate surface area is 128 Å². The maximum Gasteiger partial charge on any atom is 0.171 e. The Hall–Kier alpha value is -0.530. The van der Waals surface area contributed by atoms with E-state index in [1.807, 2.05) is 6.07 Å². The molecule has 4 nitrogen and oxygen atoms in total. The molecule has 1 aliphatic rings. The van der Waals surface area contributed by atoms with Gasteiger partial charge in [0.2, 0.25) is 0 Å². The van der Waals surface area contributed by atoms with Crippen molar-refractivity contribution < 1.29 is 19.6 Å². The minimum Gasteiger partial charge on any atom is -0.504 e. The van der Waals surface area contributed by atoms with Gasteiger partial charge in [-0.1, -0.05) is 0 Å². The maximum atomic E-state index is 9.85. The van der Waals surface area contributed by atoms with Crippen LogP contribution in [0.3, 0.4) is 0 Å². The average molecular weight is 378 g/mol. The SMILES string of the molecule is CC[NH+]1CC[NH+](Cc2cc(I)c(O)c(OC)c2)CC1. The van der Waals surface area contributed by atoms with Crippen LogP contribution < -0.4 is 14.5 Å². The van der Waals surface area contributed by atoms with Gasteiger partial charge in [-0.05, 0) is 41.6 Å². The second kappa shape index (κ2) is 6.76. The van der Waals surface area contributed by atoms with Crippen LogP contribution in [0.1, 0.15) is 12.5 Å². The third-order valence-electron chi connectivity index (χ3n) is 3.93. The van der Waals surface area contributed by atoms with E-state index in [0.29, 0.717) is 5.75 Å². The summed E-state index contributed by atoms with van der Waals surface area (Å²) in [5, 5.41) is 9.85. The number of quaternary nitrogens is 2. The summed E-state index contributed by atoms with van der Waals surface area (Å²) >= 11 is 2.16. The van der Waals surface area contributed by atoms with Crippen molar-refractivity contribution in [2.45, 2.75) is 13.5 Å². The van der Waals surface area contributed by atoms with Gasteiger partial charge in [0.1, 0.15) is 32.7 Å². The van der Waals surface area contributed by atoms with Crippen LogP contribution in [0.5, 0.6) is 11.5 Å².